The summed E-state index contributed by atoms with van der Waals surface area (Å²) in [7, 11) is 0. The van der Waals surface area contributed by atoms with E-state index < -0.39 is 0 Å². The fourth-order valence-electron chi connectivity index (χ4n) is 2.78. The van der Waals surface area contributed by atoms with E-state index in [0.717, 1.165) is 19.0 Å². The SMILES string of the molecule is C[C@@H]1NC(=O)[C@H]2CN(CC3CC3)CCN2C1=O. The molecule has 0 radical (unpaired) electrons. The molecule has 0 spiro atoms. The normalized spacial score (nSPS) is 34.5. The molecule has 0 aromatic heterocycles. The van der Waals surface area contributed by atoms with E-state index in [2.05, 4.69) is 10.2 Å². The molecule has 2 saturated heterocycles. The average molecular weight is 237 g/mol. The number of hydrogen-bond acceptors (Lipinski definition) is 3. The van der Waals surface area contributed by atoms with E-state index in [4.69, 9.17) is 0 Å². The van der Waals surface area contributed by atoms with E-state index in [0.29, 0.717) is 13.1 Å². The van der Waals surface area contributed by atoms with Crippen molar-refractivity contribution in [1.82, 2.24) is 15.1 Å². The van der Waals surface area contributed by atoms with Gasteiger partial charge in [-0.15, -0.1) is 0 Å². The zero-order valence-electron chi connectivity index (χ0n) is 10.2. The van der Waals surface area contributed by atoms with Crippen LogP contribution < -0.4 is 5.32 Å². The summed E-state index contributed by atoms with van der Waals surface area (Å²) in [5.74, 6) is 0.918. The van der Waals surface area contributed by atoms with Crippen LogP contribution in [0.15, 0.2) is 0 Å². The van der Waals surface area contributed by atoms with Crippen molar-refractivity contribution in [1.29, 1.82) is 0 Å². The summed E-state index contributed by atoms with van der Waals surface area (Å²) in [6, 6.07) is -0.611. The van der Waals surface area contributed by atoms with Gasteiger partial charge in [-0.05, 0) is 25.7 Å². The van der Waals surface area contributed by atoms with Gasteiger partial charge in [-0.3, -0.25) is 14.5 Å². The van der Waals surface area contributed by atoms with Crippen LogP contribution in [-0.2, 0) is 9.59 Å². The monoisotopic (exact) mass is 237 g/mol. The zero-order valence-corrected chi connectivity index (χ0v) is 10.2. The Morgan fingerprint density at radius 3 is 2.76 bits per heavy atom. The first kappa shape index (κ1) is 11.0. The fourth-order valence-corrected chi connectivity index (χ4v) is 2.78. The summed E-state index contributed by atoms with van der Waals surface area (Å²) in [5, 5.41) is 2.76. The molecule has 3 fully saturated rings. The van der Waals surface area contributed by atoms with E-state index >= 15 is 0 Å². The molecule has 1 saturated carbocycles. The van der Waals surface area contributed by atoms with E-state index in [-0.39, 0.29) is 23.9 Å². The fraction of sp³-hybridized carbons (Fsp3) is 0.833. The van der Waals surface area contributed by atoms with Crippen LogP contribution in [0.3, 0.4) is 0 Å². The minimum absolute atomic E-state index is 0.0117. The predicted molar refractivity (Wildman–Crippen MR) is 62.3 cm³/mol. The summed E-state index contributed by atoms with van der Waals surface area (Å²) < 4.78 is 0. The summed E-state index contributed by atoms with van der Waals surface area (Å²) in [4.78, 5) is 27.9. The van der Waals surface area contributed by atoms with Crippen molar-refractivity contribution < 1.29 is 9.59 Å². The average Bonchev–Trinajstić information content (AvgIpc) is 3.10. The number of carbonyl (C=O) groups excluding carboxylic acids is 2. The highest BCUT2D eigenvalue weighted by atomic mass is 16.2. The van der Waals surface area contributed by atoms with Crippen LogP contribution in [0.5, 0.6) is 0 Å². The predicted octanol–water partition coefficient (Wildman–Crippen LogP) is -0.572. The van der Waals surface area contributed by atoms with Gasteiger partial charge in [0.1, 0.15) is 12.1 Å². The zero-order chi connectivity index (χ0) is 12.0. The van der Waals surface area contributed by atoms with Crippen LogP contribution in [0, 0.1) is 5.92 Å². The minimum atomic E-state index is -0.353. The van der Waals surface area contributed by atoms with Gasteiger partial charge in [0.2, 0.25) is 11.8 Å². The van der Waals surface area contributed by atoms with Crippen LogP contribution in [0.2, 0.25) is 0 Å². The smallest absolute Gasteiger partial charge is 0.245 e. The van der Waals surface area contributed by atoms with Gasteiger partial charge in [0.15, 0.2) is 0 Å². The molecule has 17 heavy (non-hydrogen) atoms. The lowest BCUT2D eigenvalue weighted by Gasteiger charge is -2.44. The molecule has 1 N–H and O–H groups in total. The Bertz CT molecular complexity index is 354. The van der Waals surface area contributed by atoms with Crippen molar-refractivity contribution in [2.75, 3.05) is 26.2 Å². The number of rotatable bonds is 2. The Morgan fingerprint density at radius 1 is 1.29 bits per heavy atom. The molecule has 0 aromatic carbocycles. The molecule has 2 amide bonds. The Labute approximate surface area is 101 Å². The molecule has 0 aromatic rings. The van der Waals surface area contributed by atoms with Gasteiger partial charge < -0.3 is 10.2 Å². The molecule has 5 heteroatoms. The second-order valence-corrected chi connectivity index (χ2v) is 5.48. The minimum Gasteiger partial charge on any atom is -0.343 e. The van der Waals surface area contributed by atoms with Crippen molar-refractivity contribution in [3.63, 3.8) is 0 Å². The van der Waals surface area contributed by atoms with Crippen molar-refractivity contribution >= 4 is 11.8 Å². The quantitative estimate of drug-likeness (QED) is 0.699. The Kier molecular flexibility index (Phi) is 2.58. The van der Waals surface area contributed by atoms with Crippen LogP contribution in [-0.4, -0.2) is 59.9 Å². The first-order valence-electron chi connectivity index (χ1n) is 6.48. The third-order valence-electron chi connectivity index (χ3n) is 3.99. The first-order chi connectivity index (χ1) is 8.15. The molecule has 2 aliphatic heterocycles. The highest BCUT2D eigenvalue weighted by Gasteiger charge is 2.42. The maximum absolute atomic E-state index is 11.9. The van der Waals surface area contributed by atoms with Gasteiger partial charge >= 0.3 is 0 Å². The summed E-state index contributed by atoms with van der Waals surface area (Å²) in [5.41, 5.74) is 0. The number of piperazine rings is 2. The van der Waals surface area contributed by atoms with Crippen molar-refractivity contribution in [2.24, 2.45) is 5.92 Å². The molecule has 94 valence electrons. The van der Waals surface area contributed by atoms with E-state index in [1.54, 1.807) is 11.8 Å². The number of fused-ring (bicyclic) bond motifs is 1. The lowest BCUT2D eigenvalue weighted by atomic mass is 10.0. The number of amides is 2. The van der Waals surface area contributed by atoms with Gasteiger partial charge in [0, 0.05) is 26.2 Å². The largest absolute Gasteiger partial charge is 0.343 e. The maximum atomic E-state index is 11.9. The van der Waals surface area contributed by atoms with Crippen molar-refractivity contribution in [3.05, 3.63) is 0 Å². The summed E-state index contributed by atoms with van der Waals surface area (Å²) in [6.07, 6.45) is 2.65. The number of hydrogen-bond donors (Lipinski definition) is 1. The topological polar surface area (TPSA) is 52.7 Å². The molecular formula is C12H19N3O2. The van der Waals surface area contributed by atoms with Gasteiger partial charge in [-0.2, -0.15) is 0 Å². The van der Waals surface area contributed by atoms with Crippen LogP contribution >= 0.6 is 0 Å². The molecule has 2 heterocycles. The molecule has 2 atom stereocenters. The van der Waals surface area contributed by atoms with Crippen LogP contribution in [0.1, 0.15) is 19.8 Å². The standard InChI is InChI=1S/C12H19N3O2/c1-8-12(17)15-5-4-14(6-9-2-3-9)7-10(15)11(16)13-8/h8-10H,2-7H2,1H3,(H,13,16)/t8-,10+/m0/s1. The molecule has 0 bridgehead atoms. The van der Waals surface area contributed by atoms with Crippen LogP contribution in [0.25, 0.3) is 0 Å². The third kappa shape index (κ3) is 2.04. The van der Waals surface area contributed by atoms with Crippen molar-refractivity contribution in [2.45, 2.75) is 31.8 Å². The highest BCUT2D eigenvalue weighted by molar-refractivity contribution is 5.97. The second kappa shape index (κ2) is 3.98. The van der Waals surface area contributed by atoms with E-state index in [1.807, 2.05) is 0 Å². The van der Waals surface area contributed by atoms with E-state index in [1.165, 1.54) is 12.8 Å². The third-order valence-corrected chi connectivity index (χ3v) is 3.99. The van der Waals surface area contributed by atoms with Gasteiger partial charge in [-0.25, -0.2) is 0 Å². The Balaban J connectivity index is 1.68. The molecule has 3 rings (SSSR count). The molecule has 0 unspecified atom stereocenters. The number of nitrogens with one attached hydrogen (secondary N) is 1. The summed E-state index contributed by atoms with van der Waals surface area (Å²) in [6.45, 7) is 5.18. The first-order valence-corrected chi connectivity index (χ1v) is 6.48. The van der Waals surface area contributed by atoms with Gasteiger partial charge in [0.25, 0.3) is 0 Å². The second-order valence-electron chi connectivity index (χ2n) is 5.48. The molecular weight excluding hydrogens is 218 g/mol. The maximum Gasteiger partial charge on any atom is 0.245 e. The lowest BCUT2D eigenvalue weighted by molar-refractivity contribution is -0.152. The molecule has 5 nitrogen and oxygen atoms in total. The Morgan fingerprint density at radius 2 is 2.06 bits per heavy atom. The highest BCUT2D eigenvalue weighted by Crippen LogP contribution is 2.30. The van der Waals surface area contributed by atoms with Gasteiger partial charge in [-0.1, -0.05) is 0 Å². The van der Waals surface area contributed by atoms with Gasteiger partial charge in [0.05, 0.1) is 0 Å². The van der Waals surface area contributed by atoms with E-state index in [9.17, 15) is 9.59 Å². The van der Waals surface area contributed by atoms with Crippen molar-refractivity contribution in [3.8, 4) is 0 Å². The molecule has 3 aliphatic rings. The number of carbonyl (C=O) groups is 2. The molecule has 1 aliphatic carbocycles. The number of nitrogens with zero attached hydrogens (tertiary/aromatic N) is 2. The van der Waals surface area contributed by atoms with Crippen LogP contribution in [0.4, 0.5) is 0 Å². The lowest BCUT2D eigenvalue weighted by Crippen LogP contribution is -2.68. The Hall–Kier alpha value is -1.10. The summed E-state index contributed by atoms with van der Waals surface area (Å²) >= 11 is 0.